The molecule has 1 aromatic carbocycles. The Labute approximate surface area is 158 Å². The summed E-state index contributed by atoms with van der Waals surface area (Å²) in [4.78, 5) is 7.39. The maximum Gasteiger partial charge on any atom is 0.191 e. The minimum atomic E-state index is 0.280. The smallest absolute Gasteiger partial charge is 0.191 e. The van der Waals surface area contributed by atoms with Crippen LogP contribution in [0.15, 0.2) is 29.3 Å². The number of nitrogens with one attached hydrogen (secondary N) is 2. The van der Waals surface area contributed by atoms with E-state index in [0.29, 0.717) is 0 Å². The Balaban J connectivity index is 2.08. The van der Waals surface area contributed by atoms with Crippen molar-refractivity contribution >= 4 is 5.96 Å². The van der Waals surface area contributed by atoms with Gasteiger partial charge in [-0.05, 0) is 57.0 Å². The number of hydrogen-bond acceptors (Lipinski definition) is 4. The summed E-state index contributed by atoms with van der Waals surface area (Å²) in [6, 6.07) is 8.66. The lowest BCUT2D eigenvalue weighted by atomic mass is 10.1. The Bertz CT molecular complexity index is 544. The van der Waals surface area contributed by atoms with Crippen molar-refractivity contribution in [2.45, 2.75) is 32.2 Å². The molecule has 1 heterocycles. The zero-order valence-electron chi connectivity index (χ0n) is 16.5. The minimum absolute atomic E-state index is 0.280. The average molecular weight is 363 g/mol. The molecule has 146 valence electrons. The first-order chi connectivity index (χ1) is 12.8. The number of guanidine groups is 1. The van der Waals surface area contributed by atoms with Gasteiger partial charge < -0.3 is 20.1 Å². The highest BCUT2D eigenvalue weighted by molar-refractivity contribution is 5.79. The van der Waals surface area contributed by atoms with Gasteiger partial charge in [0, 0.05) is 26.8 Å². The van der Waals surface area contributed by atoms with E-state index in [1.807, 2.05) is 6.07 Å². The van der Waals surface area contributed by atoms with Gasteiger partial charge in [-0.25, -0.2) is 0 Å². The van der Waals surface area contributed by atoms with Gasteiger partial charge in [-0.2, -0.15) is 0 Å². The van der Waals surface area contributed by atoms with E-state index in [1.54, 1.807) is 14.2 Å². The highest BCUT2D eigenvalue weighted by Gasteiger charge is 2.23. The Morgan fingerprint density at radius 2 is 2.04 bits per heavy atom. The first-order valence-electron chi connectivity index (χ1n) is 9.67. The van der Waals surface area contributed by atoms with Crippen LogP contribution in [0.4, 0.5) is 0 Å². The number of benzene rings is 1. The first kappa shape index (κ1) is 20.5. The third-order valence-electron chi connectivity index (χ3n) is 4.64. The van der Waals surface area contributed by atoms with Crippen molar-refractivity contribution in [1.29, 1.82) is 0 Å². The van der Waals surface area contributed by atoms with Gasteiger partial charge in [0.1, 0.15) is 5.75 Å². The topological polar surface area (TPSA) is 58.1 Å². The van der Waals surface area contributed by atoms with E-state index < -0.39 is 0 Å². The van der Waals surface area contributed by atoms with Crippen LogP contribution >= 0.6 is 0 Å². The predicted octanol–water partition coefficient (Wildman–Crippen LogP) is 2.42. The van der Waals surface area contributed by atoms with Gasteiger partial charge in [0.2, 0.25) is 0 Å². The summed E-state index contributed by atoms with van der Waals surface area (Å²) in [5, 5.41) is 6.73. The van der Waals surface area contributed by atoms with Gasteiger partial charge in [0.15, 0.2) is 5.96 Å². The molecule has 2 rings (SSSR count). The normalized spacial score (nSPS) is 16.5. The third-order valence-corrected chi connectivity index (χ3v) is 4.64. The molecule has 0 radical (unpaired) electrons. The molecule has 1 fully saturated rings. The van der Waals surface area contributed by atoms with Crippen molar-refractivity contribution in [2.75, 3.05) is 53.6 Å². The molecule has 1 atom stereocenters. The van der Waals surface area contributed by atoms with Crippen molar-refractivity contribution < 1.29 is 9.47 Å². The number of hydrogen-bond donors (Lipinski definition) is 2. The third kappa shape index (κ3) is 6.50. The number of likely N-dealkylation sites (tertiary alicyclic amines) is 1. The van der Waals surface area contributed by atoms with Crippen LogP contribution in [-0.4, -0.2) is 64.4 Å². The molecule has 6 heteroatoms. The molecule has 0 amide bonds. The molecule has 0 spiro atoms. The second-order valence-corrected chi connectivity index (χ2v) is 6.53. The van der Waals surface area contributed by atoms with Gasteiger partial charge in [0.25, 0.3) is 0 Å². The van der Waals surface area contributed by atoms with Gasteiger partial charge >= 0.3 is 0 Å². The maximum atomic E-state index is 5.42. The summed E-state index contributed by atoms with van der Waals surface area (Å²) in [5.74, 6) is 1.77. The van der Waals surface area contributed by atoms with Gasteiger partial charge in [-0.1, -0.05) is 12.1 Å². The number of methoxy groups -OCH3 is 2. The molecule has 1 saturated heterocycles. The molecule has 1 aliphatic heterocycles. The maximum absolute atomic E-state index is 5.42. The van der Waals surface area contributed by atoms with Crippen molar-refractivity contribution in [3.8, 4) is 5.75 Å². The molecule has 1 aromatic rings. The molecule has 0 aliphatic carbocycles. The second-order valence-electron chi connectivity index (χ2n) is 6.53. The van der Waals surface area contributed by atoms with E-state index in [2.05, 4.69) is 40.7 Å². The Morgan fingerprint density at radius 1 is 1.23 bits per heavy atom. The highest BCUT2D eigenvalue weighted by atomic mass is 16.5. The minimum Gasteiger partial charge on any atom is -0.497 e. The van der Waals surface area contributed by atoms with E-state index >= 15 is 0 Å². The zero-order valence-corrected chi connectivity index (χ0v) is 16.5. The van der Waals surface area contributed by atoms with E-state index in [4.69, 9.17) is 14.5 Å². The van der Waals surface area contributed by atoms with E-state index in [-0.39, 0.29) is 6.04 Å². The highest BCUT2D eigenvalue weighted by Crippen LogP contribution is 2.27. The monoisotopic (exact) mass is 362 g/mol. The van der Waals surface area contributed by atoms with Crippen LogP contribution in [-0.2, 0) is 4.74 Å². The molecule has 1 unspecified atom stereocenters. The second kappa shape index (κ2) is 11.8. The first-order valence-corrected chi connectivity index (χ1v) is 9.67. The molecule has 6 nitrogen and oxygen atoms in total. The summed E-state index contributed by atoms with van der Waals surface area (Å²) >= 11 is 0. The molecular weight excluding hydrogens is 328 g/mol. The van der Waals surface area contributed by atoms with Crippen LogP contribution in [0.5, 0.6) is 5.75 Å². The summed E-state index contributed by atoms with van der Waals surface area (Å²) < 4.78 is 10.5. The van der Waals surface area contributed by atoms with Crippen LogP contribution in [0.3, 0.4) is 0 Å². The van der Waals surface area contributed by atoms with Crippen molar-refractivity contribution in [3.05, 3.63) is 29.8 Å². The van der Waals surface area contributed by atoms with Crippen molar-refractivity contribution in [3.63, 3.8) is 0 Å². The lowest BCUT2D eigenvalue weighted by Gasteiger charge is -2.27. The molecule has 26 heavy (non-hydrogen) atoms. The number of aliphatic imine (C=N–C) groups is 1. The molecule has 0 bridgehead atoms. The Morgan fingerprint density at radius 3 is 2.73 bits per heavy atom. The average Bonchev–Trinajstić information content (AvgIpc) is 3.20. The molecule has 1 aliphatic rings. The van der Waals surface area contributed by atoms with Crippen molar-refractivity contribution in [2.24, 2.45) is 4.99 Å². The molecular formula is C20H34N4O2. The number of nitrogens with zero attached hydrogens (tertiary/aromatic N) is 2. The van der Waals surface area contributed by atoms with Crippen molar-refractivity contribution in [1.82, 2.24) is 15.5 Å². The number of rotatable bonds is 10. The van der Waals surface area contributed by atoms with Gasteiger partial charge in [-0.15, -0.1) is 0 Å². The fourth-order valence-electron chi connectivity index (χ4n) is 3.28. The summed E-state index contributed by atoms with van der Waals surface area (Å²) in [7, 11) is 3.45. The fraction of sp³-hybridized carbons (Fsp3) is 0.650. The van der Waals surface area contributed by atoms with Crippen LogP contribution < -0.4 is 15.4 Å². The lowest BCUT2D eigenvalue weighted by molar-refractivity contribution is 0.195. The van der Waals surface area contributed by atoms with Gasteiger partial charge in [0.05, 0.1) is 19.7 Å². The standard InChI is InChI=1S/C20H34N4O2/c1-4-21-20(22-11-8-14-25-2)23-16-19(24-12-5-6-13-24)17-9-7-10-18(15-17)26-3/h7,9-10,15,19H,4-6,8,11-14,16H2,1-3H3,(H2,21,22,23). The Hall–Kier alpha value is -1.79. The van der Waals surface area contributed by atoms with Crippen LogP contribution in [0.1, 0.15) is 37.8 Å². The summed E-state index contributed by atoms with van der Waals surface area (Å²) in [6.45, 7) is 7.55. The van der Waals surface area contributed by atoms with Crippen LogP contribution in [0, 0.1) is 0 Å². The van der Waals surface area contributed by atoms with Crippen LogP contribution in [0.25, 0.3) is 0 Å². The fourth-order valence-corrected chi connectivity index (χ4v) is 3.28. The quantitative estimate of drug-likeness (QED) is 0.380. The summed E-state index contributed by atoms with van der Waals surface area (Å²) in [5.41, 5.74) is 1.27. The van der Waals surface area contributed by atoms with E-state index in [0.717, 1.165) is 57.5 Å². The van der Waals surface area contributed by atoms with E-state index in [1.165, 1.54) is 18.4 Å². The SMILES string of the molecule is CCNC(=NCC(c1cccc(OC)c1)N1CCCC1)NCCCOC. The Kier molecular flexibility index (Phi) is 9.28. The van der Waals surface area contributed by atoms with Crippen LogP contribution in [0.2, 0.25) is 0 Å². The number of ether oxygens (including phenoxy) is 2. The molecule has 2 N–H and O–H groups in total. The molecule has 0 saturated carbocycles. The largest absolute Gasteiger partial charge is 0.497 e. The lowest BCUT2D eigenvalue weighted by Crippen LogP contribution is -2.39. The summed E-state index contributed by atoms with van der Waals surface area (Å²) in [6.07, 6.45) is 3.49. The van der Waals surface area contributed by atoms with Gasteiger partial charge in [-0.3, -0.25) is 9.89 Å². The predicted molar refractivity (Wildman–Crippen MR) is 107 cm³/mol. The zero-order chi connectivity index (χ0) is 18.6. The molecule has 0 aromatic heterocycles. The van der Waals surface area contributed by atoms with E-state index in [9.17, 15) is 0 Å².